The minimum absolute atomic E-state index is 0.112. The standard InChI is InChI=1S/C15H16N4O5/c1-10-12(17-14(20)2-3-16)8-11(9-13(10)19(22)23)15(21)18-4-6-24-7-5-18/h8-9H,2,4-7H2,1H3,(H,17,20). The number of anilines is 1. The molecule has 1 N–H and O–H groups in total. The molecule has 0 aromatic heterocycles. The number of benzene rings is 1. The van der Waals surface area contributed by atoms with E-state index in [1.165, 1.54) is 19.1 Å². The first-order valence-electron chi connectivity index (χ1n) is 7.27. The van der Waals surface area contributed by atoms with E-state index in [1.54, 1.807) is 11.0 Å². The number of rotatable bonds is 4. The minimum atomic E-state index is -0.606. The highest BCUT2D eigenvalue weighted by Gasteiger charge is 2.24. The lowest BCUT2D eigenvalue weighted by molar-refractivity contribution is -0.385. The average molecular weight is 332 g/mol. The van der Waals surface area contributed by atoms with Gasteiger partial charge in [0.05, 0.1) is 35.5 Å². The number of nitro groups is 1. The molecule has 1 aliphatic rings. The molecule has 0 bridgehead atoms. The van der Waals surface area contributed by atoms with Crippen molar-refractivity contribution in [3.05, 3.63) is 33.4 Å². The van der Waals surface area contributed by atoms with Crippen molar-refractivity contribution in [2.45, 2.75) is 13.3 Å². The third kappa shape index (κ3) is 3.85. The van der Waals surface area contributed by atoms with Crippen molar-refractivity contribution in [3.8, 4) is 6.07 Å². The quantitative estimate of drug-likeness (QED) is 0.653. The number of nitro benzene ring substituents is 1. The van der Waals surface area contributed by atoms with Crippen LogP contribution in [0.1, 0.15) is 22.3 Å². The molecule has 9 heteroatoms. The number of carbonyl (C=O) groups is 2. The van der Waals surface area contributed by atoms with Crippen molar-refractivity contribution >= 4 is 23.2 Å². The van der Waals surface area contributed by atoms with Crippen LogP contribution in [0.2, 0.25) is 0 Å². The molecule has 0 atom stereocenters. The van der Waals surface area contributed by atoms with Gasteiger partial charge >= 0.3 is 0 Å². The fourth-order valence-corrected chi connectivity index (χ4v) is 2.36. The molecule has 1 heterocycles. The Bertz CT molecular complexity index is 719. The summed E-state index contributed by atoms with van der Waals surface area (Å²) in [4.78, 5) is 36.3. The largest absolute Gasteiger partial charge is 0.378 e. The first-order chi connectivity index (χ1) is 11.4. The van der Waals surface area contributed by atoms with E-state index < -0.39 is 10.8 Å². The van der Waals surface area contributed by atoms with Gasteiger partial charge in [-0.1, -0.05) is 0 Å². The van der Waals surface area contributed by atoms with E-state index in [1.807, 2.05) is 0 Å². The summed E-state index contributed by atoms with van der Waals surface area (Å²) in [6.45, 7) is 3.09. The Hall–Kier alpha value is -2.99. The van der Waals surface area contributed by atoms with Gasteiger partial charge in [-0.2, -0.15) is 5.26 Å². The van der Waals surface area contributed by atoms with Crippen molar-refractivity contribution in [2.75, 3.05) is 31.6 Å². The van der Waals surface area contributed by atoms with Crippen molar-refractivity contribution < 1.29 is 19.2 Å². The van der Waals surface area contributed by atoms with Gasteiger partial charge in [0.1, 0.15) is 6.42 Å². The number of amides is 2. The van der Waals surface area contributed by atoms with Crippen molar-refractivity contribution in [3.63, 3.8) is 0 Å². The Labute approximate surface area is 138 Å². The summed E-state index contributed by atoms with van der Waals surface area (Å²) < 4.78 is 5.18. The number of hydrogen-bond acceptors (Lipinski definition) is 6. The predicted octanol–water partition coefficient (Wildman–Crippen LogP) is 1.23. The number of hydrogen-bond donors (Lipinski definition) is 1. The highest BCUT2D eigenvalue weighted by Crippen LogP contribution is 2.28. The molecule has 24 heavy (non-hydrogen) atoms. The molecule has 1 aliphatic heterocycles. The third-order valence-corrected chi connectivity index (χ3v) is 3.64. The normalized spacial score (nSPS) is 13.9. The zero-order chi connectivity index (χ0) is 17.7. The van der Waals surface area contributed by atoms with E-state index in [0.29, 0.717) is 26.3 Å². The van der Waals surface area contributed by atoms with Gasteiger partial charge in [-0.25, -0.2) is 0 Å². The van der Waals surface area contributed by atoms with Crippen LogP contribution < -0.4 is 5.32 Å². The van der Waals surface area contributed by atoms with Gasteiger partial charge in [-0.3, -0.25) is 19.7 Å². The van der Waals surface area contributed by atoms with E-state index in [2.05, 4.69) is 5.32 Å². The van der Waals surface area contributed by atoms with Gasteiger partial charge in [0.15, 0.2) is 0 Å². The second-order valence-electron chi connectivity index (χ2n) is 5.21. The number of nitriles is 1. The molecule has 1 aromatic carbocycles. The van der Waals surface area contributed by atoms with E-state index in [0.717, 1.165) is 0 Å². The lowest BCUT2D eigenvalue weighted by Crippen LogP contribution is -2.40. The van der Waals surface area contributed by atoms with Crippen LogP contribution in [0.4, 0.5) is 11.4 Å². The van der Waals surface area contributed by atoms with Gasteiger partial charge in [-0.05, 0) is 13.0 Å². The summed E-state index contributed by atoms with van der Waals surface area (Å²) in [6, 6.07) is 4.30. The average Bonchev–Trinajstić information content (AvgIpc) is 2.56. The van der Waals surface area contributed by atoms with Gasteiger partial charge in [-0.15, -0.1) is 0 Å². The Balaban J connectivity index is 2.38. The molecule has 9 nitrogen and oxygen atoms in total. The molecule has 0 radical (unpaired) electrons. The fourth-order valence-electron chi connectivity index (χ4n) is 2.36. The van der Waals surface area contributed by atoms with Crippen molar-refractivity contribution in [2.24, 2.45) is 0 Å². The minimum Gasteiger partial charge on any atom is -0.378 e. The Morgan fingerprint density at radius 2 is 2.08 bits per heavy atom. The van der Waals surface area contributed by atoms with Crippen LogP contribution in [0.15, 0.2) is 12.1 Å². The molecular formula is C15H16N4O5. The second kappa shape index (κ2) is 7.52. The van der Waals surface area contributed by atoms with Crippen LogP contribution in [-0.2, 0) is 9.53 Å². The Morgan fingerprint density at radius 1 is 1.42 bits per heavy atom. The maximum Gasteiger partial charge on any atom is 0.275 e. The third-order valence-electron chi connectivity index (χ3n) is 3.64. The van der Waals surface area contributed by atoms with Crippen LogP contribution in [0.25, 0.3) is 0 Å². The predicted molar refractivity (Wildman–Crippen MR) is 83.4 cm³/mol. The second-order valence-corrected chi connectivity index (χ2v) is 5.21. The Morgan fingerprint density at radius 3 is 2.67 bits per heavy atom. The first kappa shape index (κ1) is 17.4. The molecule has 2 amide bonds. The van der Waals surface area contributed by atoms with Crippen molar-refractivity contribution in [1.82, 2.24) is 4.90 Å². The highest BCUT2D eigenvalue weighted by molar-refractivity contribution is 5.99. The van der Waals surface area contributed by atoms with E-state index in [4.69, 9.17) is 10.00 Å². The number of morpholine rings is 1. The molecule has 1 aromatic rings. The molecule has 1 fully saturated rings. The van der Waals surface area contributed by atoms with Gasteiger partial charge in [0.2, 0.25) is 5.91 Å². The van der Waals surface area contributed by atoms with E-state index in [-0.39, 0.29) is 34.8 Å². The highest BCUT2D eigenvalue weighted by atomic mass is 16.6. The summed E-state index contributed by atoms with van der Waals surface area (Å²) in [5.41, 5.74) is 0.230. The number of nitrogens with zero attached hydrogens (tertiary/aromatic N) is 3. The smallest absolute Gasteiger partial charge is 0.275 e. The zero-order valence-electron chi connectivity index (χ0n) is 13.1. The monoisotopic (exact) mass is 332 g/mol. The summed E-state index contributed by atoms with van der Waals surface area (Å²) in [7, 11) is 0. The zero-order valence-corrected chi connectivity index (χ0v) is 13.1. The van der Waals surface area contributed by atoms with Crippen LogP contribution in [0.5, 0.6) is 0 Å². The van der Waals surface area contributed by atoms with E-state index >= 15 is 0 Å². The summed E-state index contributed by atoms with van der Waals surface area (Å²) in [5, 5.41) is 22.2. The van der Waals surface area contributed by atoms with Crippen LogP contribution in [-0.4, -0.2) is 47.9 Å². The molecule has 0 saturated carbocycles. The van der Waals surface area contributed by atoms with Crippen LogP contribution in [0.3, 0.4) is 0 Å². The number of nitrogens with one attached hydrogen (secondary N) is 1. The topological polar surface area (TPSA) is 126 Å². The first-order valence-corrected chi connectivity index (χ1v) is 7.27. The molecule has 126 valence electrons. The molecular weight excluding hydrogens is 316 g/mol. The Kier molecular flexibility index (Phi) is 5.44. The summed E-state index contributed by atoms with van der Waals surface area (Å²) in [6.07, 6.45) is -0.380. The van der Waals surface area contributed by atoms with E-state index in [9.17, 15) is 19.7 Å². The molecule has 0 unspecified atom stereocenters. The SMILES string of the molecule is Cc1c(NC(=O)CC#N)cc(C(=O)N2CCOCC2)cc1[N+](=O)[O-]. The molecule has 2 rings (SSSR count). The van der Waals surface area contributed by atoms with Crippen LogP contribution in [0, 0.1) is 28.4 Å². The van der Waals surface area contributed by atoms with Gasteiger partial charge in [0, 0.05) is 24.7 Å². The lowest BCUT2D eigenvalue weighted by Gasteiger charge is -2.27. The maximum atomic E-state index is 12.5. The lowest BCUT2D eigenvalue weighted by atomic mass is 10.1. The summed E-state index contributed by atoms with van der Waals surface area (Å²) in [5.74, 6) is -0.956. The van der Waals surface area contributed by atoms with Crippen molar-refractivity contribution in [1.29, 1.82) is 5.26 Å². The molecule has 0 aliphatic carbocycles. The summed E-state index contributed by atoms with van der Waals surface area (Å²) >= 11 is 0. The van der Waals surface area contributed by atoms with Gasteiger partial charge < -0.3 is 15.0 Å². The molecule has 0 spiro atoms. The molecule has 1 saturated heterocycles. The number of ether oxygens (including phenoxy) is 1. The number of carbonyl (C=O) groups excluding carboxylic acids is 2. The van der Waals surface area contributed by atoms with Crippen LogP contribution >= 0.6 is 0 Å². The van der Waals surface area contributed by atoms with Gasteiger partial charge in [0.25, 0.3) is 11.6 Å². The fraction of sp³-hybridized carbons (Fsp3) is 0.400. The maximum absolute atomic E-state index is 12.5.